The first-order valence-corrected chi connectivity index (χ1v) is 11.3. The Kier molecular flexibility index (Phi) is 6.95. The number of nitro groups is 1. The maximum Gasteiger partial charge on any atom is 0.224 e. The van der Waals surface area contributed by atoms with Crippen molar-refractivity contribution in [3.8, 4) is 6.07 Å². The van der Waals surface area contributed by atoms with Gasteiger partial charge < -0.3 is 0 Å². The summed E-state index contributed by atoms with van der Waals surface area (Å²) in [4.78, 5) is 29.2. The van der Waals surface area contributed by atoms with Crippen molar-refractivity contribution >= 4 is 33.0 Å². The van der Waals surface area contributed by atoms with Crippen LogP contribution in [0.2, 0.25) is 0 Å². The second kappa shape index (κ2) is 9.45. The molecule has 0 N–H and O–H groups in total. The summed E-state index contributed by atoms with van der Waals surface area (Å²) in [6.07, 6.45) is 0. The summed E-state index contributed by atoms with van der Waals surface area (Å²) in [5.41, 5.74) is 1.01. The minimum absolute atomic E-state index is 0.163. The molecule has 0 aliphatic carbocycles. The van der Waals surface area contributed by atoms with Gasteiger partial charge >= 0.3 is 0 Å². The fraction of sp³-hybridized carbons (Fsp3) is 0.318. The monoisotopic (exact) mass is 439 g/mol. The third-order valence-corrected chi connectivity index (χ3v) is 7.37. The molecule has 1 aliphatic heterocycles. The summed E-state index contributed by atoms with van der Waals surface area (Å²) in [5, 5.41) is 20.4. The fourth-order valence-electron chi connectivity index (χ4n) is 3.59. The summed E-state index contributed by atoms with van der Waals surface area (Å²) in [7, 11) is 0. The van der Waals surface area contributed by atoms with E-state index in [1.165, 1.54) is 11.8 Å². The molecule has 2 atom stereocenters. The van der Waals surface area contributed by atoms with Gasteiger partial charge in [0.1, 0.15) is 9.91 Å². The number of carbonyl (C=O) groups excluding carboxylic acids is 1. The Bertz CT molecular complexity index is 1000. The third kappa shape index (κ3) is 4.58. The van der Waals surface area contributed by atoms with E-state index in [1.54, 1.807) is 24.3 Å². The van der Waals surface area contributed by atoms with Crippen LogP contribution in [0.5, 0.6) is 0 Å². The maximum absolute atomic E-state index is 13.2. The van der Waals surface area contributed by atoms with Crippen LogP contribution < -0.4 is 0 Å². The summed E-state index contributed by atoms with van der Waals surface area (Å²) in [6, 6.07) is 18.6. The van der Waals surface area contributed by atoms with Gasteiger partial charge in [0, 0.05) is 10.7 Å². The zero-order valence-electron chi connectivity index (χ0n) is 16.6. The van der Waals surface area contributed by atoms with Crippen molar-refractivity contribution in [2.75, 3.05) is 6.54 Å². The van der Waals surface area contributed by atoms with Crippen LogP contribution in [0.1, 0.15) is 36.5 Å². The lowest BCUT2D eigenvalue weighted by atomic mass is 9.73. The van der Waals surface area contributed by atoms with Gasteiger partial charge in [0.05, 0.1) is 17.6 Å². The second-order valence-corrected chi connectivity index (χ2v) is 9.51. The van der Waals surface area contributed by atoms with Crippen LogP contribution in [-0.2, 0) is 10.5 Å². The lowest BCUT2D eigenvalue weighted by molar-refractivity contribution is -0.484. The Morgan fingerprint density at radius 3 is 2.43 bits per heavy atom. The highest BCUT2D eigenvalue weighted by atomic mass is 32.2. The van der Waals surface area contributed by atoms with Crippen molar-refractivity contribution in [3.05, 3.63) is 81.4 Å². The van der Waals surface area contributed by atoms with E-state index in [9.17, 15) is 14.9 Å². The van der Waals surface area contributed by atoms with Gasteiger partial charge in [0.2, 0.25) is 11.7 Å². The van der Waals surface area contributed by atoms with Gasteiger partial charge in [-0.15, -0.1) is 0 Å². The van der Waals surface area contributed by atoms with E-state index in [-0.39, 0.29) is 11.0 Å². The van der Waals surface area contributed by atoms with Gasteiger partial charge in [-0.1, -0.05) is 68.1 Å². The topological polar surface area (TPSA) is 96.4 Å². The average molecular weight is 440 g/mol. The average Bonchev–Trinajstić information content (AvgIpc) is 3.08. The fourth-order valence-corrected chi connectivity index (χ4v) is 5.87. The molecule has 154 valence electrons. The molecule has 1 aliphatic rings. The van der Waals surface area contributed by atoms with E-state index in [4.69, 9.17) is 10.3 Å². The lowest BCUT2D eigenvalue weighted by Crippen LogP contribution is -2.46. The van der Waals surface area contributed by atoms with E-state index >= 15 is 0 Å². The molecule has 2 aromatic rings. The van der Waals surface area contributed by atoms with Crippen LogP contribution in [-0.4, -0.2) is 26.5 Å². The summed E-state index contributed by atoms with van der Waals surface area (Å²) < 4.78 is 0.638. The highest BCUT2D eigenvalue weighted by Crippen LogP contribution is 2.48. The highest BCUT2D eigenvalue weighted by Gasteiger charge is 2.55. The number of thioether (sulfide) groups is 2. The molecule has 30 heavy (non-hydrogen) atoms. The van der Waals surface area contributed by atoms with Crippen LogP contribution in [0.25, 0.3) is 0 Å². The molecule has 2 aromatic carbocycles. The van der Waals surface area contributed by atoms with Crippen LogP contribution in [0.3, 0.4) is 0 Å². The van der Waals surface area contributed by atoms with E-state index in [1.807, 2.05) is 50.2 Å². The molecule has 0 bridgehead atoms. The third-order valence-electron chi connectivity index (χ3n) is 5.17. The van der Waals surface area contributed by atoms with E-state index in [2.05, 4.69) is 0 Å². The molecular weight excluding hydrogens is 418 g/mol. The first-order valence-electron chi connectivity index (χ1n) is 9.47. The molecule has 0 amide bonds. The molecular formula is C22H21N3O3S2. The van der Waals surface area contributed by atoms with E-state index in [0.717, 1.165) is 17.3 Å². The first-order chi connectivity index (χ1) is 14.4. The first kappa shape index (κ1) is 22.1. The van der Waals surface area contributed by atoms with Gasteiger partial charge in [-0.25, -0.2) is 0 Å². The smallest absolute Gasteiger partial charge is 0.224 e. The largest absolute Gasteiger partial charge is 0.284 e. The van der Waals surface area contributed by atoms with Gasteiger partial charge in [-0.3, -0.25) is 19.9 Å². The summed E-state index contributed by atoms with van der Waals surface area (Å²) in [6.45, 7) is 3.35. The number of carbonyl (C=O) groups is 1. The lowest BCUT2D eigenvalue weighted by Gasteiger charge is -2.34. The second-order valence-electron chi connectivity index (χ2n) is 7.32. The van der Waals surface area contributed by atoms with Crippen LogP contribution >= 0.6 is 23.5 Å². The van der Waals surface area contributed by atoms with E-state index in [0.29, 0.717) is 21.3 Å². The SMILES string of the molecule is CC(C)[C@@]1([C@H](C[N+](=O)[O-])c2ccc(C#N)cc2)N=C(SCc2ccccc2)SC1=O. The Morgan fingerprint density at radius 1 is 1.20 bits per heavy atom. The van der Waals surface area contributed by atoms with Crippen molar-refractivity contribution < 1.29 is 9.72 Å². The van der Waals surface area contributed by atoms with Crippen molar-refractivity contribution in [3.63, 3.8) is 0 Å². The van der Waals surface area contributed by atoms with Crippen molar-refractivity contribution in [1.82, 2.24) is 0 Å². The standard InChI is InChI=1S/C22H21N3O3S2/c1-15(2)22(19(13-25(27)28)18-10-8-16(12-23)9-11-18)20(26)30-21(24-22)29-14-17-6-4-3-5-7-17/h3-11,15,19H,13-14H2,1-2H3/t19-,22+/m1/s1. The number of nitriles is 1. The normalized spacial score (nSPS) is 19.4. The molecule has 1 heterocycles. The molecule has 3 rings (SSSR count). The number of hydrogen-bond donors (Lipinski definition) is 0. The van der Waals surface area contributed by atoms with Gasteiger partial charge in [0.15, 0.2) is 0 Å². The molecule has 0 saturated heterocycles. The van der Waals surface area contributed by atoms with Gasteiger partial charge in [0.25, 0.3) is 0 Å². The van der Waals surface area contributed by atoms with E-state index < -0.39 is 22.9 Å². The molecule has 8 heteroatoms. The number of hydrogen-bond acceptors (Lipinski definition) is 7. The molecule has 0 aromatic heterocycles. The molecule has 0 saturated carbocycles. The van der Waals surface area contributed by atoms with Crippen LogP contribution in [0.4, 0.5) is 0 Å². The highest BCUT2D eigenvalue weighted by molar-refractivity contribution is 8.45. The number of aliphatic imine (C=N–C) groups is 1. The molecule has 0 radical (unpaired) electrons. The number of rotatable bonds is 7. The molecule has 6 nitrogen and oxygen atoms in total. The minimum atomic E-state index is -1.22. The molecule has 0 unspecified atom stereocenters. The Labute approximate surface area is 183 Å². The zero-order chi connectivity index (χ0) is 21.7. The quantitative estimate of drug-likeness (QED) is 0.451. The minimum Gasteiger partial charge on any atom is -0.284 e. The van der Waals surface area contributed by atoms with Crippen molar-refractivity contribution in [1.29, 1.82) is 5.26 Å². The molecule has 0 spiro atoms. The summed E-state index contributed by atoms with van der Waals surface area (Å²) in [5.74, 6) is -0.270. The Balaban J connectivity index is 1.97. The predicted molar refractivity (Wildman–Crippen MR) is 121 cm³/mol. The van der Waals surface area contributed by atoms with Gasteiger partial charge in [-0.05, 0) is 40.9 Å². The predicted octanol–water partition coefficient (Wildman–Crippen LogP) is 4.88. The zero-order valence-corrected chi connectivity index (χ0v) is 18.3. The van der Waals surface area contributed by atoms with Crippen molar-refractivity contribution in [2.24, 2.45) is 10.9 Å². The Morgan fingerprint density at radius 2 is 1.87 bits per heavy atom. The van der Waals surface area contributed by atoms with Crippen LogP contribution in [0, 0.1) is 27.4 Å². The number of benzene rings is 2. The number of nitrogens with zero attached hydrogens (tertiary/aromatic N) is 3. The Hall–Kier alpha value is -2.63. The molecule has 0 fully saturated rings. The summed E-state index contributed by atoms with van der Waals surface area (Å²) >= 11 is 2.55. The van der Waals surface area contributed by atoms with Crippen LogP contribution in [0.15, 0.2) is 59.6 Å². The maximum atomic E-state index is 13.2. The van der Waals surface area contributed by atoms with Crippen molar-refractivity contribution in [2.45, 2.75) is 31.1 Å². The van der Waals surface area contributed by atoms with Gasteiger partial charge in [-0.2, -0.15) is 5.26 Å².